The molecule has 0 aliphatic heterocycles. The molecule has 0 amide bonds. The quantitative estimate of drug-likeness (QED) is 0.0394. The summed E-state index contributed by atoms with van der Waals surface area (Å²) in [4.78, 5) is 46.8. The molecule has 7 aromatic carbocycles. The van der Waals surface area contributed by atoms with Gasteiger partial charge in [-0.15, -0.1) is 161 Å². The fraction of sp³-hybridized carbons (Fsp3) is 0.397. The van der Waals surface area contributed by atoms with Gasteiger partial charge in [-0.05, 0) is 231 Å². The van der Waals surface area contributed by atoms with Crippen LogP contribution in [-0.4, -0.2) is 46.7 Å². The molecule has 0 saturated heterocycles. The van der Waals surface area contributed by atoms with Crippen molar-refractivity contribution in [2.75, 3.05) is 0 Å². The van der Waals surface area contributed by atoms with Crippen LogP contribution in [0.1, 0.15) is 269 Å². The summed E-state index contributed by atoms with van der Waals surface area (Å²) in [5.74, 6) is -0.364. The van der Waals surface area contributed by atoms with Crippen LogP contribution in [-0.2, 0) is 141 Å². The molecule has 0 spiro atoms. The molecule has 12 aromatic rings. The summed E-state index contributed by atoms with van der Waals surface area (Å²) < 4.78 is 13.4. The number of allylic oxidation sites excluding steroid dienone is 4. The van der Waals surface area contributed by atoms with E-state index in [1.54, 1.807) is 12.1 Å². The first-order chi connectivity index (χ1) is 61.2. The maximum atomic E-state index is 13.4. The van der Waals surface area contributed by atoms with Gasteiger partial charge in [0, 0.05) is 149 Å². The second-order valence-corrected chi connectivity index (χ2v) is 38.0. The number of carbonyl (C=O) groups excluding carboxylic acids is 2. The van der Waals surface area contributed by atoms with Gasteiger partial charge in [0.05, 0.1) is 23.6 Å². The Labute approximate surface area is 855 Å². The van der Waals surface area contributed by atoms with E-state index in [0.29, 0.717) is 27.3 Å². The van der Waals surface area contributed by atoms with Crippen molar-refractivity contribution in [1.82, 2.24) is 24.9 Å². The Morgan fingerprint density at radius 2 is 0.879 bits per heavy atom. The summed E-state index contributed by atoms with van der Waals surface area (Å²) in [6, 6.07) is 81.1. The summed E-state index contributed by atoms with van der Waals surface area (Å²) in [7, 11) is 0. The van der Waals surface area contributed by atoms with E-state index in [4.69, 9.17) is 26.8 Å². The number of carbonyl (C=O) groups is 2. The Morgan fingerprint density at radius 1 is 0.409 bits per heavy atom. The average Bonchev–Trinajstić information content (AvgIpc) is 1.08. The number of nitrogens with zero attached hydrogens (tertiary/aromatic N) is 6. The molecule has 10 nitrogen and oxygen atoms in total. The number of aliphatic hydroxyl groups excluding tert-OH is 2. The van der Waals surface area contributed by atoms with Crippen molar-refractivity contribution in [1.29, 1.82) is 0 Å². The molecule has 0 bridgehead atoms. The summed E-state index contributed by atoms with van der Waals surface area (Å²) in [5.41, 5.74) is 21.7. The van der Waals surface area contributed by atoms with E-state index in [2.05, 4.69) is 225 Å². The van der Waals surface area contributed by atoms with Gasteiger partial charge in [0.1, 0.15) is 5.69 Å². The predicted molar refractivity (Wildman–Crippen MR) is 522 cm³/mol. The zero-order chi connectivity index (χ0) is 90.1. The van der Waals surface area contributed by atoms with Crippen molar-refractivity contribution in [3.63, 3.8) is 0 Å². The van der Waals surface area contributed by atoms with Gasteiger partial charge < -0.3 is 30.1 Å². The van der Waals surface area contributed by atoms with Crippen LogP contribution in [0.4, 0.5) is 10.1 Å². The second-order valence-electron chi connectivity index (χ2n) is 38.0. The van der Waals surface area contributed by atoms with Crippen molar-refractivity contribution < 1.29 is 125 Å². The average molecular weight is 2650 g/mol. The minimum absolute atomic E-state index is 0. The van der Waals surface area contributed by atoms with Gasteiger partial charge in [-0.25, -0.2) is 4.39 Å². The zero-order valence-electron chi connectivity index (χ0n) is 78.8. The van der Waals surface area contributed by atoms with Gasteiger partial charge in [0.25, 0.3) is 0 Å². The van der Waals surface area contributed by atoms with Crippen LogP contribution in [0.15, 0.2) is 243 Å². The van der Waals surface area contributed by atoms with E-state index in [0.717, 1.165) is 87.5 Å². The summed E-state index contributed by atoms with van der Waals surface area (Å²) in [6.07, 6.45) is 51.2. The summed E-state index contributed by atoms with van der Waals surface area (Å²) in [6.45, 7) is 27.1. The molecule has 17 rings (SSSR count). The molecule has 5 saturated carbocycles. The van der Waals surface area contributed by atoms with Gasteiger partial charge in [-0.2, -0.15) is 6.07 Å². The number of fused-ring (bicyclic) bond motifs is 2. The molecule has 5 fully saturated rings. The summed E-state index contributed by atoms with van der Waals surface area (Å²) in [5, 5.41) is 20.6. The molecule has 5 aromatic heterocycles. The Morgan fingerprint density at radius 3 is 1.42 bits per heavy atom. The molecule has 707 valence electrons. The Balaban J connectivity index is 0.000000243. The maximum absolute atomic E-state index is 13.4. The first kappa shape index (κ1) is 113. The number of hydrogen-bond acceptors (Lipinski definition) is 9. The molecule has 16 heteroatoms. The SMILES string of the molecule is CC(=O)C=C(C)O.CC(=O)C=C(C)O.CC1(Cc2cc(-c3[c-]cccc3)nc3ccccc23)CCCC1.CC1(Cc2cnc(-c3[c-]cccc3)c3ccccc23)CCCCC1.CC1(c2ccnc(-c3[c-]ccc(F)c3)c2)CCCCCC1.Cc1cc[c-]c(-c2ccc(CCC3(C)CCCC3)cn2)c1.[C-]#[N+]c1cc[c-]c(-c2cc(CC3(C)CCCCCCC3)ccn2)c1.[Ir].[Ir].[Ir].[Ir].[Ir]. The van der Waals surface area contributed by atoms with E-state index in [9.17, 15) is 14.0 Å². The Hall–Kier alpha value is -8.10. The Kier molecular flexibility index (Phi) is 48.1. The predicted octanol–water partition coefficient (Wildman–Crippen LogP) is 31.2. The smallest absolute Gasteiger partial charge is 0.155 e. The molecule has 5 aliphatic carbocycles. The number of para-hydroxylation sites is 1. The number of pyridine rings is 5. The van der Waals surface area contributed by atoms with E-state index < -0.39 is 0 Å². The molecule has 5 radical (unpaired) electrons. The van der Waals surface area contributed by atoms with E-state index >= 15 is 0 Å². The van der Waals surface area contributed by atoms with Crippen LogP contribution in [0.3, 0.4) is 0 Å². The standard InChI is InChI=1S/C23H24N.C22H25N2.C22H22N.C20H24N.C19H21FN.2C5H8O2.5Ir/c1-23(14-8-3-9-15-23)16-19-17-24-22(18-10-4-2-5-11-18)21-13-7-6-12-20(19)21;1-22(12-6-4-3-5-7-13-22)17-18-11-14-24-21(15-18)19-9-8-10-20(16-19)23-2;1-22(13-7-8-14-22)16-18-15-21(17-9-3-2-4-10-17)23-20-12-6-5-11-19(18)20;1-16-6-5-7-18(14-16)19-9-8-17(15-21-19)10-13-20(2)11-3-4-12-20;1-19(10-4-2-3-5-11-19)16-9-12-21-18(14-16)15-7-6-8-17(20)13-15;2*1-4(6)3-5(2)7;;;;;/h2,4-7,10,12-13,17H,3,8-9,14-16H2,1H3;8,10-11,14-16H,3-7,12-13,17H2,1H3;2-6,9,11-12,15H,7-8,13-14,16H2,1H3;5-6,8-9,14-15H,3-4,10-13H2,1-2H3;6,8-9,12-14H,2-5,10-11H2,1H3;2*3,6H,1-2H3;;;;;/q5*-1;;;;;;;. The molecule has 5 heterocycles. The van der Waals surface area contributed by atoms with Crippen LogP contribution < -0.4 is 0 Å². The Bertz CT molecular complexity index is 5590. The van der Waals surface area contributed by atoms with Crippen molar-refractivity contribution in [3.8, 4) is 56.3 Å². The zero-order valence-corrected chi connectivity index (χ0v) is 90.8. The van der Waals surface area contributed by atoms with Crippen LogP contribution in [0, 0.1) is 71.3 Å². The monoisotopic (exact) mass is 2660 g/mol. The van der Waals surface area contributed by atoms with E-state index in [1.165, 1.54) is 275 Å². The van der Waals surface area contributed by atoms with Crippen LogP contribution >= 0.6 is 0 Å². The molecule has 0 unspecified atom stereocenters. The number of halogens is 1. The number of ketones is 2. The minimum Gasteiger partial charge on any atom is -0.512 e. The fourth-order valence-corrected chi connectivity index (χ4v) is 19.3. The third-order valence-electron chi connectivity index (χ3n) is 26.4. The van der Waals surface area contributed by atoms with Crippen molar-refractivity contribution in [2.45, 2.75) is 274 Å². The molecular weight excluding hydrogens is 2520 g/mol. The van der Waals surface area contributed by atoms with Crippen LogP contribution in [0.25, 0.3) is 82.8 Å². The van der Waals surface area contributed by atoms with Gasteiger partial charge in [0.15, 0.2) is 11.6 Å². The first-order valence-electron chi connectivity index (χ1n) is 46.6. The van der Waals surface area contributed by atoms with Gasteiger partial charge in [-0.1, -0.05) is 223 Å². The molecular formula is C116H132FIr5N6O4-5. The first-order valence-corrected chi connectivity index (χ1v) is 46.6. The number of aryl methyl sites for hydroxylation is 2. The number of hydrogen-bond donors (Lipinski definition) is 2. The number of aromatic nitrogens is 5. The van der Waals surface area contributed by atoms with Crippen molar-refractivity contribution >= 4 is 38.9 Å². The largest absolute Gasteiger partial charge is 0.512 e. The number of benzene rings is 7. The fourth-order valence-electron chi connectivity index (χ4n) is 19.3. The van der Waals surface area contributed by atoms with Crippen molar-refractivity contribution in [3.05, 3.63) is 324 Å². The number of rotatable bonds is 17. The van der Waals surface area contributed by atoms with E-state index in [-0.39, 0.29) is 135 Å². The van der Waals surface area contributed by atoms with Gasteiger partial charge in [-0.3, -0.25) is 19.4 Å². The second kappa shape index (κ2) is 56.4. The minimum atomic E-state index is -0.239. The van der Waals surface area contributed by atoms with E-state index in [1.807, 2.05) is 61.1 Å². The molecule has 132 heavy (non-hydrogen) atoms. The topological polar surface area (TPSA) is 143 Å². The van der Waals surface area contributed by atoms with Crippen LogP contribution in [0.2, 0.25) is 0 Å². The van der Waals surface area contributed by atoms with Crippen LogP contribution in [0.5, 0.6) is 0 Å². The normalized spacial score (nSPS) is 16.0. The van der Waals surface area contributed by atoms with Gasteiger partial charge in [0.2, 0.25) is 0 Å². The van der Waals surface area contributed by atoms with Crippen molar-refractivity contribution in [2.24, 2.45) is 21.7 Å². The molecule has 2 N–H and O–H groups in total. The summed E-state index contributed by atoms with van der Waals surface area (Å²) >= 11 is 0. The third kappa shape index (κ3) is 35.9. The third-order valence-corrected chi connectivity index (χ3v) is 26.4. The maximum Gasteiger partial charge on any atom is 0.155 e. The van der Waals surface area contributed by atoms with Gasteiger partial charge >= 0.3 is 0 Å². The molecule has 0 atom stereocenters. The molecule has 5 aliphatic rings. The number of aliphatic hydroxyl groups is 2.